The van der Waals surface area contributed by atoms with Crippen LogP contribution in [0.3, 0.4) is 0 Å². The summed E-state index contributed by atoms with van der Waals surface area (Å²) in [7, 11) is 1.62. The second-order valence-corrected chi connectivity index (χ2v) is 6.93. The van der Waals surface area contributed by atoms with Crippen LogP contribution in [0.25, 0.3) is 0 Å². The zero-order valence-electron chi connectivity index (χ0n) is 15.6. The number of hydrogen-bond acceptors (Lipinski definition) is 6. The molecule has 0 fully saturated rings. The van der Waals surface area contributed by atoms with E-state index in [9.17, 15) is 4.79 Å². The summed E-state index contributed by atoms with van der Waals surface area (Å²) in [5.41, 5.74) is 6.87. The number of carbonyl (C=O) groups is 1. The number of aromatic nitrogens is 1. The first-order valence-electron chi connectivity index (χ1n) is 8.85. The highest BCUT2D eigenvalue weighted by molar-refractivity contribution is 7.09. The van der Waals surface area contributed by atoms with Crippen molar-refractivity contribution in [3.63, 3.8) is 0 Å². The van der Waals surface area contributed by atoms with E-state index in [4.69, 9.17) is 15.2 Å². The Bertz CT molecular complexity index is 718. The highest BCUT2D eigenvalue weighted by atomic mass is 32.1. The van der Waals surface area contributed by atoms with Gasteiger partial charge in [-0.15, -0.1) is 11.3 Å². The lowest BCUT2D eigenvalue weighted by Crippen LogP contribution is -2.27. The van der Waals surface area contributed by atoms with Crippen LogP contribution in [0.15, 0.2) is 23.6 Å². The van der Waals surface area contributed by atoms with Gasteiger partial charge in [-0.2, -0.15) is 0 Å². The molecule has 0 bridgehead atoms. The van der Waals surface area contributed by atoms with Crippen LogP contribution in [0.4, 0.5) is 0 Å². The number of ether oxygens (including phenoxy) is 2. The molecule has 0 spiro atoms. The van der Waals surface area contributed by atoms with Crippen LogP contribution in [0, 0.1) is 0 Å². The topological polar surface area (TPSA) is 86.5 Å². The van der Waals surface area contributed by atoms with Gasteiger partial charge < -0.3 is 20.5 Å². The molecule has 1 heterocycles. The minimum absolute atomic E-state index is 0.187. The van der Waals surface area contributed by atoms with E-state index < -0.39 is 0 Å². The molecule has 26 heavy (non-hydrogen) atoms. The number of benzene rings is 1. The molecule has 1 unspecified atom stereocenters. The third-order valence-corrected chi connectivity index (χ3v) is 4.87. The molecule has 6 nitrogen and oxygen atoms in total. The second-order valence-electron chi connectivity index (χ2n) is 5.99. The van der Waals surface area contributed by atoms with E-state index in [1.54, 1.807) is 12.5 Å². The molecule has 7 heteroatoms. The van der Waals surface area contributed by atoms with Crippen molar-refractivity contribution in [2.45, 2.75) is 45.7 Å². The van der Waals surface area contributed by atoms with Gasteiger partial charge in [-0.25, -0.2) is 4.98 Å². The second kappa shape index (κ2) is 10.1. The minimum Gasteiger partial charge on any atom is -0.493 e. The van der Waals surface area contributed by atoms with Crippen molar-refractivity contribution in [1.82, 2.24) is 10.3 Å². The van der Waals surface area contributed by atoms with Crippen LogP contribution in [-0.2, 0) is 6.54 Å². The van der Waals surface area contributed by atoms with Crippen LogP contribution in [0.1, 0.15) is 60.2 Å². The molecule has 0 aliphatic rings. The lowest BCUT2D eigenvalue weighted by molar-refractivity contribution is 0.0935. The zero-order chi connectivity index (χ0) is 18.9. The fraction of sp³-hybridized carbons (Fsp3) is 0.474. The summed E-state index contributed by atoms with van der Waals surface area (Å²) in [5.74, 6) is 1.17. The Morgan fingerprint density at radius 3 is 2.81 bits per heavy atom. The summed E-state index contributed by atoms with van der Waals surface area (Å²) in [6.07, 6.45) is 3.32. The third-order valence-electron chi connectivity index (χ3n) is 4.00. The van der Waals surface area contributed by atoms with Gasteiger partial charge in [0.05, 0.1) is 19.8 Å². The predicted octanol–water partition coefficient (Wildman–Crippen LogP) is 3.67. The Kier molecular flexibility index (Phi) is 7.87. The van der Waals surface area contributed by atoms with Gasteiger partial charge in [-0.1, -0.05) is 25.8 Å². The monoisotopic (exact) mass is 377 g/mol. The number of nitrogens with one attached hydrogen (secondary N) is 1. The Morgan fingerprint density at radius 2 is 2.15 bits per heavy atom. The van der Waals surface area contributed by atoms with Gasteiger partial charge in [0.15, 0.2) is 11.5 Å². The van der Waals surface area contributed by atoms with E-state index in [1.807, 2.05) is 25.1 Å². The fourth-order valence-corrected chi connectivity index (χ4v) is 3.12. The van der Waals surface area contributed by atoms with Crippen LogP contribution in [0.5, 0.6) is 11.5 Å². The summed E-state index contributed by atoms with van der Waals surface area (Å²) >= 11 is 1.39. The zero-order valence-corrected chi connectivity index (χ0v) is 16.4. The molecule has 2 rings (SSSR count). The number of methoxy groups -OCH3 is 1. The number of carbonyl (C=O) groups excluding carboxylic acids is 1. The number of nitrogens with zero attached hydrogens (tertiary/aromatic N) is 1. The lowest BCUT2D eigenvalue weighted by Gasteiger charge is -2.17. The summed E-state index contributed by atoms with van der Waals surface area (Å²) in [6, 6.07) is 5.54. The van der Waals surface area contributed by atoms with Crippen LogP contribution in [-0.4, -0.2) is 24.6 Å². The van der Waals surface area contributed by atoms with Gasteiger partial charge in [-0.3, -0.25) is 4.79 Å². The SMILES string of the molecule is CCCCCOc1ccc(C(C)NC(=O)c2csc(CN)n2)cc1OC. The van der Waals surface area contributed by atoms with Crippen molar-refractivity contribution in [2.75, 3.05) is 13.7 Å². The number of thiazole rings is 1. The van der Waals surface area contributed by atoms with Crippen molar-refractivity contribution < 1.29 is 14.3 Å². The quantitative estimate of drug-likeness (QED) is 0.617. The van der Waals surface area contributed by atoms with Crippen molar-refractivity contribution in [2.24, 2.45) is 5.73 Å². The summed E-state index contributed by atoms with van der Waals surface area (Å²) < 4.78 is 11.2. The molecule has 0 saturated carbocycles. The maximum atomic E-state index is 12.3. The number of unbranched alkanes of at least 4 members (excludes halogenated alkanes) is 2. The molecule has 0 aliphatic heterocycles. The number of rotatable bonds is 10. The highest BCUT2D eigenvalue weighted by Crippen LogP contribution is 2.30. The van der Waals surface area contributed by atoms with Crippen LogP contribution < -0.4 is 20.5 Å². The summed E-state index contributed by atoms with van der Waals surface area (Å²) in [4.78, 5) is 16.5. The molecule has 0 aliphatic carbocycles. The molecule has 1 atom stereocenters. The Balaban J connectivity index is 2.01. The molecular weight excluding hydrogens is 350 g/mol. The van der Waals surface area contributed by atoms with E-state index in [2.05, 4.69) is 17.2 Å². The normalized spacial score (nSPS) is 11.8. The molecule has 0 radical (unpaired) electrons. The van der Waals surface area contributed by atoms with E-state index in [0.717, 1.165) is 35.6 Å². The van der Waals surface area contributed by atoms with E-state index >= 15 is 0 Å². The lowest BCUT2D eigenvalue weighted by atomic mass is 10.1. The maximum Gasteiger partial charge on any atom is 0.271 e. The molecular formula is C19H27N3O3S. The highest BCUT2D eigenvalue weighted by Gasteiger charge is 2.16. The van der Waals surface area contributed by atoms with Gasteiger partial charge >= 0.3 is 0 Å². The van der Waals surface area contributed by atoms with E-state index in [0.29, 0.717) is 24.6 Å². The van der Waals surface area contributed by atoms with E-state index in [-0.39, 0.29) is 11.9 Å². The summed E-state index contributed by atoms with van der Waals surface area (Å²) in [6.45, 7) is 5.09. The van der Waals surface area contributed by atoms with Crippen molar-refractivity contribution in [3.8, 4) is 11.5 Å². The Hall–Kier alpha value is -2.12. The first kappa shape index (κ1) is 20.2. The van der Waals surface area contributed by atoms with Gasteiger partial charge in [0.1, 0.15) is 10.7 Å². The van der Waals surface area contributed by atoms with Crippen LogP contribution >= 0.6 is 11.3 Å². The smallest absolute Gasteiger partial charge is 0.271 e. The van der Waals surface area contributed by atoms with Gasteiger partial charge in [-0.05, 0) is 31.0 Å². The molecule has 1 aromatic carbocycles. The Labute approximate surface area is 158 Å². The average molecular weight is 378 g/mol. The molecule has 2 aromatic rings. The Morgan fingerprint density at radius 1 is 1.35 bits per heavy atom. The van der Waals surface area contributed by atoms with Crippen molar-refractivity contribution in [1.29, 1.82) is 0 Å². The third kappa shape index (κ3) is 5.44. The largest absolute Gasteiger partial charge is 0.493 e. The maximum absolute atomic E-state index is 12.3. The minimum atomic E-state index is -0.215. The molecule has 142 valence electrons. The van der Waals surface area contributed by atoms with E-state index in [1.165, 1.54) is 11.3 Å². The molecule has 1 aromatic heterocycles. The van der Waals surface area contributed by atoms with Crippen molar-refractivity contribution >= 4 is 17.2 Å². The number of hydrogen-bond donors (Lipinski definition) is 2. The number of nitrogens with two attached hydrogens (primary N) is 1. The fourth-order valence-electron chi connectivity index (χ4n) is 2.47. The molecule has 3 N–H and O–H groups in total. The number of amides is 1. The first-order valence-corrected chi connectivity index (χ1v) is 9.73. The van der Waals surface area contributed by atoms with Gasteiger partial charge in [0, 0.05) is 11.9 Å². The van der Waals surface area contributed by atoms with Gasteiger partial charge in [0.2, 0.25) is 0 Å². The molecule has 0 saturated heterocycles. The van der Waals surface area contributed by atoms with Gasteiger partial charge in [0.25, 0.3) is 5.91 Å². The first-order chi connectivity index (χ1) is 12.6. The standard InChI is InChI=1S/C19H27N3O3S/c1-4-5-6-9-25-16-8-7-14(10-17(16)24-3)13(2)21-19(23)15-12-26-18(11-20)22-15/h7-8,10,12-13H,4-6,9,11,20H2,1-3H3,(H,21,23). The predicted molar refractivity (Wildman–Crippen MR) is 104 cm³/mol. The average Bonchev–Trinajstić information content (AvgIpc) is 3.14. The van der Waals surface area contributed by atoms with Crippen molar-refractivity contribution in [3.05, 3.63) is 39.8 Å². The molecule has 1 amide bonds. The van der Waals surface area contributed by atoms with Crippen LogP contribution in [0.2, 0.25) is 0 Å². The summed E-state index contributed by atoms with van der Waals surface area (Å²) in [5, 5.41) is 5.41.